The fourth-order valence-electron chi connectivity index (χ4n) is 1.63. The summed E-state index contributed by atoms with van der Waals surface area (Å²) in [5.74, 6) is 2.10. The van der Waals surface area contributed by atoms with Crippen LogP contribution in [0.5, 0.6) is 0 Å². The molecule has 2 unspecified atom stereocenters. The monoisotopic (exact) mass is 171 g/mol. The maximum atomic E-state index is 4.24. The highest BCUT2D eigenvalue weighted by Gasteiger charge is 2.21. The Morgan fingerprint density at radius 1 is 1.64 bits per heavy atom. The predicted molar refractivity (Wildman–Crippen MR) is 53.9 cm³/mol. The van der Waals surface area contributed by atoms with Crippen LogP contribution in [0, 0.1) is 12.8 Å². The third-order valence-corrected chi connectivity index (χ3v) is 3.99. The molecule has 1 saturated heterocycles. The molecule has 0 aliphatic carbocycles. The first-order valence-electron chi connectivity index (χ1n) is 4.79. The van der Waals surface area contributed by atoms with Crippen LogP contribution in [0.3, 0.4) is 0 Å². The number of thioether (sulfide) groups is 1. The van der Waals surface area contributed by atoms with Gasteiger partial charge in [0.2, 0.25) is 0 Å². The van der Waals surface area contributed by atoms with Crippen molar-refractivity contribution < 1.29 is 0 Å². The maximum absolute atomic E-state index is 4.24. The van der Waals surface area contributed by atoms with E-state index in [4.69, 9.17) is 0 Å². The molecule has 11 heavy (non-hydrogen) atoms. The van der Waals surface area contributed by atoms with E-state index in [0.717, 1.165) is 11.2 Å². The molecule has 0 saturated carbocycles. The zero-order valence-electron chi connectivity index (χ0n) is 7.51. The van der Waals surface area contributed by atoms with Crippen LogP contribution in [0.2, 0.25) is 0 Å². The van der Waals surface area contributed by atoms with Crippen molar-refractivity contribution in [3.05, 3.63) is 6.92 Å². The summed E-state index contributed by atoms with van der Waals surface area (Å²) in [4.78, 5) is 0. The van der Waals surface area contributed by atoms with Crippen LogP contribution < -0.4 is 0 Å². The van der Waals surface area contributed by atoms with Gasteiger partial charge in [-0.1, -0.05) is 19.8 Å². The second-order valence-corrected chi connectivity index (χ2v) is 4.80. The van der Waals surface area contributed by atoms with Crippen molar-refractivity contribution in [3.63, 3.8) is 0 Å². The van der Waals surface area contributed by atoms with Crippen LogP contribution in [0.4, 0.5) is 0 Å². The van der Waals surface area contributed by atoms with E-state index in [1.54, 1.807) is 0 Å². The van der Waals surface area contributed by atoms with Gasteiger partial charge < -0.3 is 0 Å². The summed E-state index contributed by atoms with van der Waals surface area (Å²) in [6.07, 6.45) is 6.87. The van der Waals surface area contributed by atoms with Crippen molar-refractivity contribution in [1.82, 2.24) is 0 Å². The first-order chi connectivity index (χ1) is 5.34. The average Bonchev–Trinajstić information content (AvgIpc) is 2.52. The highest BCUT2D eigenvalue weighted by atomic mass is 32.2. The molecular formula is C10H19S. The molecule has 1 aliphatic rings. The fraction of sp³-hybridized carbons (Fsp3) is 0.900. The van der Waals surface area contributed by atoms with Gasteiger partial charge in [0.1, 0.15) is 0 Å². The third kappa shape index (κ3) is 3.06. The lowest BCUT2D eigenvalue weighted by molar-refractivity contribution is 0.519. The molecule has 1 aliphatic heterocycles. The Bertz CT molecular complexity index is 95.0. The molecule has 1 heterocycles. The first-order valence-corrected chi connectivity index (χ1v) is 5.84. The molecule has 1 heteroatoms. The SMILES string of the molecule is [CH2]C(CCCC)C1CCCS1. The van der Waals surface area contributed by atoms with Gasteiger partial charge in [-0.15, -0.1) is 0 Å². The van der Waals surface area contributed by atoms with Crippen molar-refractivity contribution in [2.24, 2.45) is 5.92 Å². The molecular weight excluding hydrogens is 152 g/mol. The molecule has 0 spiro atoms. The summed E-state index contributed by atoms with van der Waals surface area (Å²) in [7, 11) is 0. The fourth-order valence-corrected chi connectivity index (χ4v) is 3.00. The van der Waals surface area contributed by atoms with E-state index in [9.17, 15) is 0 Å². The van der Waals surface area contributed by atoms with E-state index in [0.29, 0.717) is 0 Å². The van der Waals surface area contributed by atoms with Crippen LogP contribution in [-0.4, -0.2) is 11.0 Å². The van der Waals surface area contributed by atoms with E-state index >= 15 is 0 Å². The Morgan fingerprint density at radius 2 is 2.45 bits per heavy atom. The number of unbranched alkanes of at least 4 members (excludes halogenated alkanes) is 1. The molecule has 0 N–H and O–H groups in total. The molecule has 0 amide bonds. The smallest absolute Gasteiger partial charge is 0.00756 e. The molecule has 1 rings (SSSR count). The highest BCUT2D eigenvalue weighted by molar-refractivity contribution is 8.00. The molecule has 0 aromatic heterocycles. The molecule has 0 bridgehead atoms. The van der Waals surface area contributed by atoms with Gasteiger partial charge in [-0.2, -0.15) is 11.8 Å². The maximum Gasteiger partial charge on any atom is 0.00756 e. The van der Waals surface area contributed by atoms with E-state index in [-0.39, 0.29) is 0 Å². The lowest BCUT2D eigenvalue weighted by atomic mass is 9.98. The third-order valence-electron chi connectivity index (χ3n) is 2.42. The van der Waals surface area contributed by atoms with E-state index in [1.165, 1.54) is 37.9 Å². The van der Waals surface area contributed by atoms with Crippen LogP contribution in [0.1, 0.15) is 39.0 Å². The normalized spacial score (nSPS) is 27.3. The van der Waals surface area contributed by atoms with E-state index < -0.39 is 0 Å². The van der Waals surface area contributed by atoms with Gasteiger partial charge in [0.15, 0.2) is 0 Å². The van der Waals surface area contributed by atoms with Crippen molar-refractivity contribution in [2.45, 2.75) is 44.3 Å². The van der Waals surface area contributed by atoms with Crippen LogP contribution in [-0.2, 0) is 0 Å². The Morgan fingerprint density at radius 3 is 3.00 bits per heavy atom. The number of hydrogen-bond donors (Lipinski definition) is 0. The van der Waals surface area contributed by atoms with Crippen molar-refractivity contribution in [2.75, 3.05) is 5.75 Å². The topological polar surface area (TPSA) is 0 Å². The minimum Gasteiger partial charge on any atom is -0.158 e. The van der Waals surface area contributed by atoms with Gasteiger partial charge in [0, 0.05) is 5.25 Å². The first kappa shape index (κ1) is 9.44. The Kier molecular flexibility index (Phi) is 4.36. The van der Waals surface area contributed by atoms with Crippen molar-refractivity contribution in [3.8, 4) is 0 Å². The Balaban J connectivity index is 2.12. The number of rotatable bonds is 4. The molecule has 1 fully saturated rings. The molecule has 1 radical (unpaired) electrons. The zero-order valence-corrected chi connectivity index (χ0v) is 8.33. The highest BCUT2D eigenvalue weighted by Crippen LogP contribution is 2.33. The minimum absolute atomic E-state index is 0.724. The summed E-state index contributed by atoms with van der Waals surface area (Å²) >= 11 is 2.14. The molecule has 0 aromatic rings. The Hall–Kier alpha value is 0.350. The summed E-state index contributed by atoms with van der Waals surface area (Å²) in [5, 5.41) is 0.890. The van der Waals surface area contributed by atoms with Crippen LogP contribution in [0.15, 0.2) is 0 Å². The Labute approximate surface area is 75.1 Å². The average molecular weight is 171 g/mol. The van der Waals surface area contributed by atoms with Crippen LogP contribution >= 0.6 is 11.8 Å². The predicted octanol–water partition coefficient (Wildman–Crippen LogP) is 3.52. The van der Waals surface area contributed by atoms with Gasteiger partial charge in [-0.05, 0) is 37.9 Å². The molecule has 65 valence electrons. The molecule has 0 aromatic carbocycles. The van der Waals surface area contributed by atoms with Gasteiger partial charge in [0.05, 0.1) is 0 Å². The van der Waals surface area contributed by atoms with Gasteiger partial charge >= 0.3 is 0 Å². The molecule has 0 nitrogen and oxygen atoms in total. The summed E-state index contributed by atoms with van der Waals surface area (Å²) in [5.41, 5.74) is 0. The van der Waals surface area contributed by atoms with Gasteiger partial charge in [-0.25, -0.2) is 0 Å². The van der Waals surface area contributed by atoms with E-state index in [1.807, 2.05) is 0 Å². The van der Waals surface area contributed by atoms with Crippen LogP contribution in [0.25, 0.3) is 0 Å². The largest absolute Gasteiger partial charge is 0.158 e. The lowest BCUT2D eigenvalue weighted by Crippen LogP contribution is -2.10. The molecule has 2 atom stereocenters. The van der Waals surface area contributed by atoms with E-state index in [2.05, 4.69) is 25.6 Å². The lowest BCUT2D eigenvalue weighted by Gasteiger charge is -2.16. The van der Waals surface area contributed by atoms with Crippen molar-refractivity contribution >= 4 is 11.8 Å². The summed E-state index contributed by atoms with van der Waals surface area (Å²) in [6, 6.07) is 0. The summed E-state index contributed by atoms with van der Waals surface area (Å²) in [6.45, 7) is 6.50. The second-order valence-electron chi connectivity index (χ2n) is 3.45. The number of hydrogen-bond acceptors (Lipinski definition) is 1. The second kappa shape index (κ2) is 5.08. The van der Waals surface area contributed by atoms with Gasteiger partial charge in [-0.3, -0.25) is 0 Å². The zero-order chi connectivity index (χ0) is 8.10. The minimum atomic E-state index is 0.724. The van der Waals surface area contributed by atoms with Crippen molar-refractivity contribution in [1.29, 1.82) is 0 Å². The quantitative estimate of drug-likeness (QED) is 0.623. The summed E-state index contributed by atoms with van der Waals surface area (Å²) < 4.78 is 0. The van der Waals surface area contributed by atoms with Gasteiger partial charge in [0.25, 0.3) is 0 Å². The standard InChI is InChI=1S/C10H19S/c1-3-4-6-9(2)10-7-5-8-11-10/h9-10H,2-8H2,1H3.